The van der Waals surface area contributed by atoms with Crippen molar-refractivity contribution in [2.24, 2.45) is 0 Å². The normalized spacial score (nSPS) is 17.0. The maximum Gasteiger partial charge on any atom is 0.320 e. The Morgan fingerprint density at radius 3 is 2.44 bits per heavy atom. The molecular weight excluding hydrogens is 406 g/mol. The van der Waals surface area contributed by atoms with Crippen molar-refractivity contribution in [3.63, 3.8) is 0 Å². The molecule has 1 aliphatic heterocycles. The lowest BCUT2D eigenvalue weighted by Crippen LogP contribution is -2.39. The summed E-state index contributed by atoms with van der Waals surface area (Å²) in [6.45, 7) is 0.681. The van der Waals surface area contributed by atoms with E-state index in [1.54, 1.807) is 14.2 Å². The van der Waals surface area contributed by atoms with Crippen LogP contribution in [0.4, 0.5) is 0 Å². The molecule has 2 unspecified atom stereocenters. The zero-order chi connectivity index (χ0) is 22.5. The molecule has 2 atom stereocenters. The van der Waals surface area contributed by atoms with Gasteiger partial charge in [0.1, 0.15) is 29.0 Å². The highest BCUT2D eigenvalue weighted by atomic mass is 16.5. The second kappa shape index (κ2) is 9.75. The molecule has 6 heteroatoms. The molecule has 0 spiro atoms. The molecule has 32 heavy (non-hydrogen) atoms. The van der Waals surface area contributed by atoms with Crippen LogP contribution in [0, 0.1) is 0 Å². The van der Waals surface area contributed by atoms with Gasteiger partial charge >= 0.3 is 5.97 Å². The third kappa shape index (κ3) is 4.55. The van der Waals surface area contributed by atoms with Crippen molar-refractivity contribution < 1.29 is 24.1 Å². The van der Waals surface area contributed by atoms with Gasteiger partial charge in [0.25, 0.3) is 0 Å². The van der Waals surface area contributed by atoms with Gasteiger partial charge in [0.15, 0.2) is 0 Å². The van der Waals surface area contributed by atoms with Gasteiger partial charge in [-0.25, -0.2) is 0 Å². The zero-order valence-electron chi connectivity index (χ0n) is 18.2. The quantitative estimate of drug-likeness (QED) is 0.531. The number of methoxy groups -OCH3 is 2. The van der Waals surface area contributed by atoms with Crippen LogP contribution in [0.2, 0.25) is 0 Å². The molecule has 0 bridgehead atoms. The summed E-state index contributed by atoms with van der Waals surface area (Å²) < 4.78 is 17.1. The topological polar surface area (TPSA) is 68.2 Å². The van der Waals surface area contributed by atoms with Gasteiger partial charge in [-0.05, 0) is 54.8 Å². The summed E-state index contributed by atoms with van der Waals surface area (Å²) in [4.78, 5) is 14.1. The molecule has 0 radical (unpaired) electrons. The van der Waals surface area contributed by atoms with E-state index >= 15 is 0 Å². The largest absolute Gasteiger partial charge is 0.497 e. The lowest BCUT2D eigenvalue weighted by Gasteiger charge is -2.33. The molecule has 3 aromatic carbocycles. The van der Waals surface area contributed by atoms with Crippen molar-refractivity contribution in [1.29, 1.82) is 0 Å². The van der Waals surface area contributed by atoms with Crippen LogP contribution in [-0.4, -0.2) is 42.8 Å². The van der Waals surface area contributed by atoms with Crippen molar-refractivity contribution in [2.45, 2.75) is 24.9 Å². The highest BCUT2D eigenvalue weighted by Crippen LogP contribution is 2.41. The number of hydrogen-bond donors (Lipinski definition) is 1. The second-order valence-corrected chi connectivity index (χ2v) is 7.73. The number of benzene rings is 3. The average Bonchev–Trinajstić information content (AvgIpc) is 3.30. The first-order chi connectivity index (χ1) is 15.6. The van der Waals surface area contributed by atoms with Crippen LogP contribution < -0.4 is 14.2 Å². The summed E-state index contributed by atoms with van der Waals surface area (Å²) >= 11 is 0. The fourth-order valence-electron chi connectivity index (χ4n) is 4.33. The van der Waals surface area contributed by atoms with Crippen LogP contribution in [-0.2, 0) is 4.79 Å². The predicted molar refractivity (Wildman–Crippen MR) is 122 cm³/mol. The van der Waals surface area contributed by atoms with E-state index < -0.39 is 12.0 Å². The Kier molecular flexibility index (Phi) is 6.61. The number of carboxylic acids is 1. The number of carboxylic acid groups (broad SMARTS) is 1. The number of ether oxygens (including phenoxy) is 3. The molecule has 1 aliphatic rings. The first kappa shape index (κ1) is 21.7. The monoisotopic (exact) mass is 433 g/mol. The number of likely N-dealkylation sites (tertiary alicyclic amines) is 1. The van der Waals surface area contributed by atoms with Gasteiger partial charge in [-0.1, -0.05) is 30.3 Å². The molecule has 1 N–H and O–H groups in total. The van der Waals surface area contributed by atoms with Crippen LogP contribution in [0.3, 0.4) is 0 Å². The molecule has 0 saturated carbocycles. The Balaban J connectivity index is 1.78. The smallest absolute Gasteiger partial charge is 0.320 e. The number of hydrogen-bond acceptors (Lipinski definition) is 5. The minimum Gasteiger partial charge on any atom is -0.497 e. The van der Waals surface area contributed by atoms with Gasteiger partial charge in [0, 0.05) is 18.2 Å². The maximum atomic E-state index is 12.0. The summed E-state index contributed by atoms with van der Waals surface area (Å²) in [6, 6.07) is 22.2. The lowest BCUT2D eigenvalue weighted by atomic mass is 9.95. The zero-order valence-corrected chi connectivity index (χ0v) is 18.2. The van der Waals surface area contributed by atoms with Crippen LogP contribution in [0.15, 0.2) is 72.8 Å². The highest BCUT2D eigenvalue weighted by molar-refractivity contribution is 5.74. The molecule has 0 aromatic heterocycles. The third-order valence-corrected chi connectivity index (χ3v) is 5.80. The minimum atomic E-state index is -0.809. The number of rotatable bonds is 8. The Morgan fingerprint density at radius 1 is 0.938 bits per heavy atom. The summed E-state index contributed by atoms with van der Waals surface area (Å²) in [6.07, 6.45) is 1.44. The van der Waals surface area contributed by atoms with E-state index in [2.05, 4.69) is 0 Å². The van der Waals surface area contributed by atoms with Crippen LogP contribution in [0.25, 0.3) is 0 Å². The number of para-hydroxylation sites is 1. The second-order valence-electron chi connectivity index (χ2n) is 7.73. The molecule has 1 fully saturated rings. The standard InChI is InChI=1S/C26H27NO5/c1-30-20-13-14-22(24(17-20)31-2)25(27-15-7-12-23(27)26(28)29)18-8-6-11-21(16-18)32-19-9-4-3-5-10-19/h3-6,8-11,13-14,16-17,23,25H,7,12,15H2,1-2H3,(H,28,29). The summed E-state index contributed by atoms with van der Waals surface area (Å²) in [7, 11) is 3.22. The minimum absolute atomic E-state index is 0.307. The first-order valence-corrected chi connectivity index (χ1v) is 10.6. The van der Waals surface area contributed by atoms with Crippen molar-refractivity contribution in [1.82, 2.24) is 4.90 Å². The fraction of sp³-hybridized carbons (Fsp3) is 0.269. The first-order valence-electron chi connectivity index (χ1n) is 10.6. The van der Waals surface area contributed by atoms with Gasteiger partial charge in [0.05, 0.1) is 20.3 Å². The van der Waals surface area contributed by atoms with E-state index in [0.717, 1.165) is 23.3 Å². The van der Waals surface area contributed by atoms with Gasteiger partial charge in [-0.2, -0.15) is 0 Å². The molecule has 0 amide bonds. The van der Waals surface area contributed by atoms with E-state index in [1.165, 1.54) is 0 Å². The van der Waals surface area contributed by atoms with E-state index in [4.69, 9.17) is 14.2 Å². The SMILES string of the molecule is COc1ccc(C(c2cccc(Oc3ccccc3)c2)N2CCCC2C(=O)O)c(OC)c1. The van der Waals surface area contributed by atoms with Gasteiger partial charge in [-0.15, -0.1) is 0 Å². The maximum absolute atomic E-state index is 12.0. The molecule has 6 nitrogen and oxygen atoms in total. The Bertz CT molecular complexity index is 1070. The van der Waals surface area contributed by atoms with Crippen molar-refractivity contribution in [3.8, 4) is 23.0 Å². The highest BCUT2D eigenvalue weighted by Gasteiger charge is 2.38. The molecule has 1 heterocycles. The van der Waals surface area contributed by atoms with Crippen LogP contribution in [0.1, 0.15) is 30.0 Å². The third-order valence-electron chi connectivity index (χ3n) is 5.80. The molecule has 166 valence electrons. The molecular formula is C26H27NO5. The number of aliphatic carboxylic acids is 1. The van der Waals surface area contributed by atoms with Crippen molar-refractivity contribution in [2.75, 3.05) is 20.8 Å². The fourth-order valence-corrected chi connectivity index (χ4v) is 4.33. The van der Waals surface area contributed by atoms with Crippen LogP contribution >= 0.6 is 0 Å². The summed E-state index contributed by atoms with van der Waals surface area (Å²) in [5, 5.41) is 9.87. The van der Waals surface area contributed by atoms with E-state index in [-0.39, 0.29) is 6.04 Å². The summed E-state index contributed by atoms with van der Waals surface area (Å²) in [5.74, 6) is 1.96. The van der Waals surface area contributed by atoms with E-state index in [0.29, 0.717) is 30.2 Å². The van der Waals surface area contributed by atoms with Crippen LogP contribution in [0.5, 0.6) is 23.0 Å². The van der Waals surface area contributed by atoms with Gasteiger partial charge in [0.2, 0.25) is 0 Å². The predicted octanol–water partition coefficient (Wildman–Crippen LogP) is 5.13. The van der Waals surface area contributed by atoms with E-state index in [9.17, 15) is 9.90 Å². The van der Waals surface area contributed by atoms with Gasteiger partial charge in [-0.3, -0.25) is 9.69 Å². The number of nitrogens with zero attached hydrogens (tertiary/aromatic N) is 1. The Labute approximate surface area is 188 Å². The summed E-state index contributed by atoms with van der Waals surface area (Å²) in [5.41, 5.74) is 1.83. The molecule has 1 saturated heterocycles. The average molecular weight is 434 g/mol. The molecule has 3 aromatic rings. The number of carbonyl (C=O) groups is 1. The molecule has 0 aliphatic carbocycles. The van der Waals surface area contributed by atoms with E-state index in [1.807, 2.05) is 77.7 Å². The lowest BCUT2D eigenvalue weighted by molar-refractivity contribution is -0.142. The van der Waals surface area contributed by atoms with Crippen molar-refractivity contribution in [3.05, 3.63) is 83.9 Å². The molecule has 4 rings (SSSR count). The Morgan fingerprint density at radius 2 is 1.72 bits per heavy atom. The van der Waals surface area contributed by atoms with Gasteiger partial charge < -0.3 is 19.3 Å². The van der Waals surface area contributed by atoms with Crippen molar-refractivity contribution >= 4 is 5.97 Å². The Hall–Kier alpha value is -3.51.